The van der Waals surface area contributed by atoms with Crippen molar-refractivity contribution in [2.24, 2.45) is 7.05 Å². The van der Waals surface area contributed by atoms with Gasteiger partial charge in [0.05, 0.1) is 18.4 Å². The number of benzene rings is 1. The molecule has 0 amide bonds. The van der Waals surface area contributed by atoms with Crippen molar-refractivity contribution < 1.29 is 9.13 Å². The smallest absolute Gasteiger partial charge is 0.216 e. The Morgan fingerprint density at radius 2 is 2.04 bits per heavy atom. The second kappa shape index (κ2) is 8.45. The Labute approximate surface area is 149 Å². The summed E-state index contributed by atoms with van der Waals surface area (Å²) in [5, 5.41) is 8.06. The third kappa shape index (κ3) is 4.58. The van der Waals surface area contributed by atoms with Crippen LogP contribution in [0.4, 0.5) is 4.39 Å². The molecule has 6 heteroatoms. The summed E-state index contributed by atoms with van der Waals surface area (Å²) in [5.41, 5.74) is 3.08. The van der Waals surface area contributed by atoms with Crippen LogP contribution in [0.15, 0.2) is 24.3 Å². The first-order valence-corrected chi connectivity index (χ1v) is 8.57. The van der Waals surface area contributed by atoms with Crippen molar-refractivity contribution in [3.8, 4) is 5.88 Å². The third-order valence-electron chi connectivity index (χ3n) is 4.36. The number of aryl methyl sites for hydroxylation is 1. The minimum Gasteiger partial charge on any atom is -0.481 e. The molecule has 0 aliphatic carbocycles. The summed E-state index contributed by atoms with van der Waals surface area (Å²) >= 11 is 0. The number of ether oxygens (including phenoxy) is 1. The lowest BCUT2D eigenvalue weighted by atomic mass is 10.0. The summed E-state index contributed by atoms with van der Waals surface area (Å²) in [7, 11) is 7.56. The van der Waals surface area contributed by atoms with Gasteiger partial charge in [0.25, 0.3) is 0 Å². The minimum atomic E-state index is -0.208. The quantitative estimate of drug-likeness (QED) is 0.796. The lowest BCUT2D eigenvalue weighted by molar-refractivity contribution is 0.287. The first-order valence-electron chi connectivity index (χ1n) is 8.57. The molecule has 0 saturated heterocycles. The van der Waals surface area contributed by atoms with Crippen molar-refractivity contribution in [1.29, 1.82) is 0 Å². The van der Waals surface area contributed by atoms with Crippen LogP contribution >= 0.6 is 0 Å². The van der Waals surface area contributed by atoms with Gasteiger partial charge in [0.15, 0.2) is 0 Å². The van der Waals surface area contributed by atoms with Crippen LogP contribution in [0, 0.1) is 5.82 Å². The van der Waals surface area contributed by atoms with Crippen molar-refractivity contribution in [1.82, 2.24) is 20.0 Å². The zero-order valence-electron chi connectivity index (χ0n) is 16.0. The molecule has 1 aromatic heterocycles. The molecule has 0 spiro atoms. The standard InChI is InChI=1S/C19H29FN4O/c1-13(2)18-16(19(25-6)24(5)22-18)11-21-12-17(23(3)4)14-8-7-9-15(20)10-14/h7-10,13,17,21H,11-12H2,1-6H3/t17-/m1/s1. The maximum Gasteiger partial charge on any atom is 0.216 e. The van der Waals surface area contributed by atoms with Crippen LogP contribution in [0.1, 0.15) is 42.6 Å². The number of likely N-dealkylation sites (N-methyl/N-ethyl adjacent to an activating group) is 1. The molecule has 0 bridgehead atoms. The summed E-state index contributed by atoms with van der Waals surface area (Å²) < 4.78 is 20.8. The van der Waals surface area contributed by atoms with Crippen molar-refractivity contribution in [2.75, 3.05) is 27.7 Å². The highest BCUT2D eigenvalue weighted by Crippen LogP contribution is 2.27. The van der Waals surface area contributed by atoms with Gasteiger partial charge >= 0.3 is 0 Å². The van der Waals surface area contributed by atoms with E-state index in [1.165, 1.54) is 6.07 Å². The number of rotatable bonds is 8. The number of methoxy groups -OCH3 is 1. The van der Waals surface area contributed by atoms with Crippen LogP contribution < -0.4 is 10.1 Å². The Hall–Kier alpha value is -1.92. The van der Waals surface area contributed by atoms with Crippen molar-refractivity contribution in [3.05, 3.63) is 46.9 Å². The van der Waals surface area contributed by atoms with Gasteiger partial charge in [0.1, 0.15) is 5.82 Å². The predicted octanol–water partition coefficient (Wildman–Crippen LogP) is 3.08. The van der Waals surface area contributed by atoms with E-state index in [2.05, 4.69) is 29.2 Å². The van der Waals surface area contributed by atoms with Gasteiger partial charge in [0.2, 0.25) is 5.88 Å². The molecule has 138 valence electrons. The topological polar surface area (TPSA) is 42.3 Å². The molecule has 0 radical (unpaired) electrons. The zero-order valence-corrected chi connectivity index (χ0v) is 16.0. The van der Waals surface area contributed by atoms with Crippen molar-refractivity contribution in [3.63, 3.8) is 0 Å². The normalized spacial score (nSPS) is 12.8. The van der Waals surface area contributed by atoms with Gasteiger partial charge in [-0.2, -0.15) is 5.10 Å². The molecule has 25 heavy (non-hydrogen) atoms. The fraction of sp³-hybridized carbons (Fsp3) is 0.526. The molecular formula is C19H29FN4O. The minimum absolute atomic E-state index is 0.0841. The SMILES string of the molecule is COc1c(CNC[C@H](c2cccc(F)c2)N(C)C)c(C(C)C)nn1C. The average molecular weight is 348 g/mol. The highest BCUT2D eigenvalue weighted by molar-refractivity contribution is 5.33. The summed E-state index contributed by atoms with van der Waals surface area (Å²) in [4.78, 5) is 2.09. The van der Waals surface area contributed by atoms with Gasteiger partial charge in [-0.1, -0.05) is 26.0 Å². The maximum atomic E-state index is 13.6. The molecule has 1 aromatic carbocycles. The maximum absolute atomic E-state index is 13.6. The molecule has 2 aromatic rings. The highest BCUT2D eigenvalue weighted by Gasteiger charge is 2.20. The first-order chi connectivity index (χ1) is 11.8. The molecule has 0 fully saturated rings. The molecule has 2 rings (SSSR count). The average Bonchev–Trinajstić information content (AvgIpc) is 2.87. The monoisotopic (exact) mass is 348 g/mol. The zero-order chi connectivity index (χ0) is 18.6. The fourth-order valence-electron chi connectivity index (χ4n) is 3.10. The van der Waals surface area contributed by atoms with Crippen LogP contribution in [-0.4, -0.2) is 42.4 Å². The second-order valence-corrected chi connectivity index (χ2v) is 6.82. The van der Waals surface area contributed by atoms with E-state index in [-0.39, 0.29) is 11.9 Å². The van der Waals surface area contributed by atoms with Crippen LogP contribution in [0.25, 0.3) is 0 Å². The molecule has 1 atom stereocenters. The summed E-state index contributed by atoms with van der Waals surface area (Å²) in [5.74, 6) is 0.892. The molecule has 0 unspecified atom stereocenters. The largest absolute Gasteiger partial charge is 0.481 e. The Balaban J connectivity index is 2.13. The van der Waals surface area contributed by atoms with Crippen LogP contribution in [-0.2, 0) is 13.6 Å². The lowest BCUT2D eigenvalue weighted by Crippen LogP contribution is -2.31. The number of nitrogens with zero attached hydrogens (tertiary/aromatic N) is 3. The summed E-state index contributed by atoms with van der Waals surface area (Å²) in [6.45, 7) is 5.61. The predicted molar refractivity (Wildman–Crippen MR) is 98.4 cm³/mol. The van der Waals surface area contributed by atoms with Gasteiger partial charge < -0.3 is 15.0 Å². The molecule has 0 saturated carbocycles. The molecule has 0 aliphatic heterocycles. The number of nitrogens with one attached hydrogen (secondary N) is 1. The highest BCUT2D eigenvalue weighted by atomic mass is 19.1. The number of aromatic nitrogens is 2. The van der Waals surface area contributed by atoms with Gasteiger partial charge in [-0.05, 0) is 37.7 Å². The molecule has 1 N–H and O–H groups in total. The molecule has 1 heterocycles. The number of halogens is 1. The van der Waals surface area contributed by atoms with Gasteiger partial charge in [0, 0.05) is 26.2 Å². The van der Waals surface area contributed by atoms with Gasteiger partial charge in [-0.25, -0.2) is 9.07 Å². The third-order valence-corrected chi connectivity index (χ3v) is 4.36. The van der Waals surface area contributed by atoms with Gasteiger partial charge in [-0.15, -0.1) is 0 Å². The van der Waals surface area contributed by atoms with Crippen LogP contribution in [0.5, 0.6) is 5.88 Å². The van der Waals surface area contributed by atoms with Crippen LogP contribution in [0.3, 0.4) is 0 Å². The fourth-order valence-corrected chi connectivity index (χ4v) is 3.10. The summed E-state index contributed by atoms with van der Waals surface area (Å²) in [6.07, 6.45) is 0. The van der Waals surface area contributed by atoms with E-state index in [0.717, 1.165) is 22.7 Å². The van der Waals surface area contributed by atoms with E-state index in [1.54, 1.807) is 23.9 Å². The number of hydrogen-bond acceptors (Lipinski definition) is 4. The van der Waals surface area contributed by atoms with E-state index in [0.29, 0.717) is 19.0 Å². The molecule has 0 aliphatic rings. The molecule has 5 nitrogen and oxygen atoms in total. The number of hydrogen-bond donors (Lipinski definition) is 1. The van der Waals surface area contributed by atoms with E-state index in [9.17, 15) is 4.39 Å². The summed E-state index contributed by atoms with van der Waals surface area (Å²) in [6, 6.07) is 6.86. The molecular weight excluding hydrogens is 319 g/mol. The van der Waals surface area contributed by atoms with E-state index in [1.807, 2.05) is 27.2 Å². The van der Waals surface area contributed by atoms with E-state index < -0.39 is 0 Å². The first kappa shape index (κ1) is 19.4. The Kier molecular flexibility index (Phi) is 6.56. The van der Waals surface area contributed by atoms with E-state index in [4.69, 9.17) is 4.74 Å². The van der Waals surface area contributed by atoms with Crippen molar-refractivity contribution in [2.45, 2.75) is 32.4 Å². The lowest BCUT2D eigenvalue weighted by Gasteiger charge is -2.25. The second-order valence-electron chi connectivity index (χ2n) is 6.82. The Morgan fingerprint density at radius 3 is 2.60 bits per heavy atom. The Morgan fingerprint density at radius 1 is 1.32 bits per heavy atom. The van der Waals surface area contributed by atoms with Gasteiger partial charge in [-0.3, -0.25) is 0 Å². The van der Waals surface area contributed by atoms with E-state index >= 15 is 0 Å². The Bertz CT molecular complexity index is 697. The van der Waals surface area contributed by atoms with Crippen molar-refractivity contribution >= 4 is 0 Å². The van der Waals surface area contributed by atoms with Crippen LogP contribution in [0.2, 0.25) is 0 Å².